The van der Waals surface area contributed by atoms with Crippen LogP contribution in [-0.4, -0.2) is 69.8 Å². The Kier molecular flexibility index (Phi) is 8.20. The van der Waals surface area contributed by atoms with Gasteiger partial charge in [-0.25, -0.2) is 18.4 Å². The molecule has 0 radical (unpaired) electrons. The van der Waals surface area contributed by atoms with Crippen LogP contribution in [0.1, 0.15) is 62.0 Å². The Bertz CT molecular complexity index is 1300. The van der Waals surface area contributed by atoms with Crippen molar-refractivity contribution < 1.29 is 17.9 Å². The van der Waals surface area contributed by atoms with Gasteiger partial charge >= 0.3 is 0 Å². The van der Waals surface area contributed by atoms with Crippen LogP contribution in [0.4, 0.5) is 5.95 Å². The summed E-state index contributed by atoms with van der Waals surface area (Å²) >= 11 is 0. The van der Waals surface area contributed by atoms with E-state index < -0.39 is 21.2 Å². The van der Waals surface area contributed by atoms with Gasteiger partial charge in [-0.3, -0.25) is 14.3 Å². The quantitative estimate of drug-likeness (QED) is 0.442. The lowest BCUT2D eigenvalue weighted by Crippen LogP contribution is -2.41. The predicted octanol–water partition coefficient (Wildman–Crippen LogP) is 3.44. The fraction of sp³-hybridized carbons (Fsp3) is 0.560. The summed E-state index contributed by atoms with van der Waals surface area (Å²) in [5, 5.41) is 7.86. The van der Waals surface area contributed by atoms with Crippen LogP contribution in [0.3, 0.4) is 0 Å². The maximum absolute atomic E-state index is 13.6. The SMILES string of the molecule is CO[C@H]1CCC[C@@H](OC)[C@@H]1n1c(NS(=O)(=O)[C@@H](C)[C@H](C)c2ncc(C)cn2)nnc1-c1cncc(C)c1. The minimum absolute atomic E-state index is 0.108. The molecule has 0 unspecified atom stereocenters. The van der Waals surface area contributed by atoms with E-state index in [0.717, 1.165) is 36.0 Å². The number of aromatic nitrogens is 6. The van der Waals surface area contributed by atoms with Crippen LogP contribution in [0.2, 0.25) is 0 Å². The number of methoxy groups -OCH3 is 2. The minimum atomic E-state index is -3.91. The van der Waals surface area contributed by atoms with Gasteiger partial charge in [0.2, 0.25) is 16.0 Å². The molecule has 1 aliphatic carbocycles. The average molecular weight is 530 g/mol. The molecule has 11 nitrogen and oxygen atoms in total. The van der Waals surface area contributed by atoms with Gasteiger partial charge in [-0.15, -0.1) is 10.2 Å². The van der Waals surface area contributed by atoms with Crippen LogP contribution in [0.15, 0.2) is 30.9 Å². The summed E-state index contributed by atoms with van der Waals surface area (Å²) in [5.41, 5.74) is 2.58. The molecule has 3 aromatic rings. The number of sulfonamides is 1. The molecule has 0 aliphatic heterocycles. The first-order valence-corrected chi connectivity index (χ1v) is 13.9. The number of aryl methyl sites for hydroxylation is 2. The summed E-state index contributed by atoms with van der Waals surface area (Å²) in [6.07, 6.45) is 8.91. The molecule has 200 valence electrons. The smallest absolute Gasteiger partial charge is 0.239 e. The van der Waals surface area contributed by atoms with Gasteiger partial charge < -0.3 is 9.47 Å². The molecule has 3 heterocycles. The molecule has 3 aromatic heterocycles. The zero-order valence-corrected chi connectivity index (χ0v) is 22.9. The van der Waals surface area contributed by atoms with Crippen molar-refractivity contribution in [3.63, 3.8) is 0 Å². The fourth-order valence-corrected chi connectivity index (χ4v) is 6.04. The van der Waals surface area contributed by atoms with Crippen molar-refractivity contribution in [2.24, 2.45) is 0 Å². The largest absolute Gasteiger partial charge is 0.379 e. The van der Waals surface area contributed by atoms with Crippen molar-refractivity contribution in [3.8, 4) is 11.4 Å². The van der Waals surface area contributed by atoms with E-state index in [4.69, 9.17) is 9.47 Å². The van der Waals surface area contributed by atoms with E-state index in [1.54, 1.807) is 57.4 Å². The lowest BCUT2D eigenvalue weighted by Gasteiger charge is -2.38. The van der Waals surface area contributed by atoms with Crippen LogP contribution in [0.25, 0.3) is 11.4 Å². The Morgan fingerprint density at radius 1 is 0.973 bits per heavy atom. The van der Waals surface area contributed by atoms with Gasteiger partial charge in [0, 0.05) is 50.5 Å². The Balaban J connectivity index is 1.76. The third-order valence-electron chi connectivity index (χ3n) is 7.11. The number of hydrogen-bond donors (Lipinski definition) is 1. The molecule has 1 saturated carbocycles. The third kappa shape index (κ3) is 5.65. The number of rotatable bonds is 9. The van der Waals surface area contributed by atoms with Crippen LogP contribution in [-0.2, 0) is 19.5 Å². The van der Waals surface area contributed by atoms with Crippen molar-refractivity contribution in [1.82, 2.24) is 29.7 Å². The molecular formula is C25H35N7O4S. The van der Waals surface area contributed by atoms with Gasteiger partial charge in [0.25, 0.3) is 0 Å². The lowest BCUT2D eigenvalue weighted by molar-refractivity contribution is -0.0547. The highest BCUT2D eigenvalue weighted by molar-refractivity contribution is 7.93. The number of nitrogens with zero attached hydrogens (tertiary/aromatic N) is 6. The number of hydrogen-bond acceptors (Lipinski definition) is 9. The highest BCUT2D eigenvalue weighted by Gasteiger charge is 2.40. The summed E-state index contributed by atoms with van der Waals surface area (Å²) in [6, 6.07) is 1.60. The number of pyridine rings is 1. The monoisotopic (exact) mass is 529 g/mol. The summed E-state index contributed by atoms with van der Waals surface area (Å²) < 4.78 is 43.4. The average Bonchev–Trinajstić information content (AvgIpc) is 3.29. The van der Waals surface area contributed by atoms with E-state index in [2.05, 4.69) is 29.9 Å². The van der Waals surface area contributed by atoms with Crippen molar-refractivity contribution in [1.29, 1.82) is 0 Å². The first kappa shape index (κ1) is 27.1. The topological polar surface area (TPSA) is 134 Å². The summed E-state index contributed by atoms with van der Waals surface area (Å²) in [4.78, 5) is 13.0. The maximum Gasteiger partial charge on any atom is 0.239 e. The third-order valence-corrected chi connectivity index (χ3v) is 8.96. The molecule has 12 heteroatoms. The zero-order chi connectivity index (χ0) is 26.7. The molecule has 0 amide bonds. The van der Waals surface area contributed by atoms with Gasteiger partial charge in [-0.1, -0.05) is 6.92 Å². The van der Waals surface area contributed by atoms with Crippen LogP contribution in [0, 0.1) is 13.8 Å². The standard InChI is InChI=1S/C25H35N7O4S/c1-15-10-19(14-26-11-15)24-29-30-25(32(24)22-20(35-5)8-7-9-21(22)36-6)31-37(33,34)18(4)17(3)23-27-12-16(2)13-28-23/h10-14,17-18,20-22H,7-9H2,1-6H3,(H,30,31)/t17-,18-,20-,21+,22+/m0/s1. The number of ether oxygens (including phenoxy) is 2. The fourth-order valence-electron chi connectivity index (χ4n) is 4.80. The second-order valence-corrected chi connectivity index (χ2v) is 11.7. The van der Waals surface area contributed by atoms with Gasteiger partial charge in [-0.2, -0.15) is 0 Å². The second kappa shape index (κ2) is 11.2. The Labute approximate surface area is 218 Å². The van der Waals surface area contributed by atoms with E-state index >= 15 is 0 Å². The highest BCUT2D eigenvalue weighted by atomic mass is 32.2. The first-order chi connectivity index (χ1) is 17.7. The normalized spacial score (nSPS) is 21.9. The minimum Gasteiger partial charge on any atom is -0.379 e. The lowest BCUT2D eigenvalue weighted by atomic mass is 9.89. The second-order valence-electron chi connectivity index (χ2n) is 9.70. The summed E-state index contributed by atoms with van der Waals surface area (Å²) in [6.45, 7) is 7.26. The Morgan fingerprint density at radius 2 is 1.62 bits per heavy atom. The summed E-state index contributed by atoms with van der Waals surface area (Å²) in [5.74, 6) is 0.606. The van der Waals surface area contributed by atoms with Crippen LogP contribution in [0.5, 0.6) is 0 Å². The molecule has 0 spiro atoms. The molecule has 1 fully saturated rings. The summed E-state index contributed by atoms with van der Waals surface area (Å²) in [7, 11) is -0.596. The molecule has 1 N–H and O–H groups in total. The van der Waals surface area contributed by atoms with E-state index in [-0.39, 0.29) is 24.2 Å². The molecule has 0 aromatic carbocycles. The molecule has 4 rings (SSSR count). The maximum atomic E-state index is 13.6. The van der Waals surface area contributed by atoms with Gasteiger partial charge in [0.1, 0.15) is 5.82 Å². The van der Waals surface area contributed by atoms with E-state index in [1.165, 1.54) is 0 Å². The van der Waals surface area contributed by atoms with Gasteiger partial charge in [-0.05, 0) is 57.2 Å². The molecule has 0 saturated heterocycles. The Hall–Kier alpha value is -2.96. The number of anilines is 1. The van der Waals surface area contributed by atoms with Gasteiger partial charge in [0.15, 0.2) is 5.82 Å². The molecule has 0 bridgehead atoms. The van der Waals surface area contributed by atoms with E-state index in [1.807, 2.05) is 19.9 Å². The molecule has 37 heavy (non-hydrogen) atoms. The van der Waals surface area contributed by atoms with E-state index in [0.29, 0.717) is 11.6 Å². The molecule has 5 atom stereocenters. The first-order valence-electron chi connectivity index (χ1n) is 12.4. The van der Waals surface area contributed by atoms with Crippen molar-refractivity contribution >= 4 is 16.0 Å². The molecular weight excluding hydrogens is 494 g/mol. The Morgan fingerprint density at radius 3 is 2.22 bits per heavy atom. The van der Waals surface area contributed by atoms with Crippen LogP contribution >= 0.6 is 0 Å². The predicted molar refractivity (Wildman–Crippen MR) is 140 cm³/mol. The van der Waals surface area contributed by atoms with Crippen molar-refractivity contribution in [2.45, 2.75) is 76.4 Å². The van der Waals surface area contributed by atoms with Gasteiger partial charge in [0.05, 0.1) is 23.5 Å². The van der Waals surface area contributed by atoms with Crippen molar-refractivity contribution in [2.75, 3.05) is 18.9 Å². The van der Waals surface area contributed by atoms with E-state index in [9.17, 15) is 8.42 Å². The van der Waals surface area contributed by atoms with Crippen LogP contribution < -0.4 is 4.72 Å². The molecule has 1 aliphatic rings. The van der Waals surface area contributed by atoms with Crippen molar-refractivity contribution in [3.05, 3.63) is 47.8 Å². The highest BCUT2D eigenvalue weighted by Crippen LogP contribution is 2.38. The number of nitrogens with one attached hydrogen (secondary N) is 1. The zero-order valence-electron chi connectivity index (χ0n) is 22.1.